The maximum atomic E-state index is 13.2. The van der Waals surface area contributed by atoms with Crippen molar-refractivity contribution in [1.82, 2.24) is 20.0 Å². The van der Waals surface area contributed by atoms with E-state index in [0.29, 0.717) is 31.9 Å². The van der Waals surface area contributed by atoms with Gasteiger partial charge in [0.2, 0.25) is 5.91 Å². The molecule has 0 bridgehead atoms. The Kier molecular flexibility index (Phi) is 8.07. The number of aromatic nitrogens is 2. The maximum absolute atomic E-state index is 13.2. The first kappa shape index (κ1) is 24.4. The van der Waals surface area contributed by atoms with Gasteiger partial charge in [0.15, 0.2) is 11.6 Å². The monoisotopic (exact) mass is 479 g/mol. The van der Waals surface area contributed by atoms with Crippen LogP contribution in [0.1, 0.15) is 36.7 Å². The van der Waals surface area contributed by atoms with E-state index in [0.717, 1.165) is 37.2 Å². The van der Waals surface area contributed by atoms with Crippen molar-refractivity contribution in [2.75, 3.05) is 44.2 Å². The Morgan fingerprint density at radius 3 is 2.54 bits per heavy atom. The summed E-state index contributed by atoms with van der Waals surface area (Å²) in [6.45, 7) is 5.12. The predicted molar refractivity (Wildman–Crippen MR) is 130 cm³/mol. The highest BCUT2D eigenvalue weighted by Crippen LogP contribution is 2.20. The van der Waals surface area contributed by atoms with Gasteiger partial charge in [0.25, 0.3) is 5.91 Å². The van der Waals surface area contributed by atoms with Crippen LogP contribution in [-0.4, -0.2) is 71.1 Å². The maximum Gasteiger partial charge on any atom is 0.290 e. The Balaban J connectivity index is 1.36. The predicted octanol–water partition coefficient (Wildman–Crippen LogP) is 3.86. The SMILES string of the molecule is CCCCN(CC(=O)N1CCCN(c2ccc(-c3ccc(F)cc3)nn2)CC1)C(=O)c1ccco1. The van der Waals surface area contributed by atoms with E-state index in [4.69, 9.17) is 4.42 Å². The zero-order chi connectivity index (χ0) is 24.6. The number of carbonyl (C=O) groups excluding carboxylic acids is 2. The standard InChI is InChI=1S/C26H30FN5O3/c1-2-3-13-32(26(34)23-6-4-18-35-23)19-25(33)31-15-5-14-30(16-17-31)24-12-11-22(28-29-24)20-7-9-21(27)10-8-20/h4,6-12,18H,2-3,5,13-17,19H2,1H3. The molecule has 1 aromatic carbocycles. The van der Waals surface area contributed by atoms with E-state index in [1.54, 1.807) is 29.2 Å². The minimum atomic E-state index is -0.291. The van der Waals surface area contributed by atoms with Crippen molar-refractivity contribution >= 4 is 17.6 Å². The molecular weight excluding hydrogens is 449 g/mol. The van der Waals surface area contributed by atoms with Crippen LogP contribution in [0.2, 0.25) is 0 Å². The van der Waals surface area contributed by atoms with Crippen molar-refractivity contribution in [3.63, 3.8) is 0 Å². The molecule has 1 saturated heterocycles. The topological polar surface area (TPSA) is 82.8 Å². The molecular formula is C26H30FN5O3. The Morgan fingerprint density at radius 1 is 1.03 bits per heavy atom. The van der Waals surface area contributed by atoms with E-state index < -0.39 is 0 Å². The second kappa shape index (κ2) is 11.6. The highest BCUT2D eigenvalue weighted by atomic mass is 19.1. The molecule has 1 fully saturated rings. The van der Waals surface area contributed by atoms with Crippen molar-refractivity contribution in [1.29, 1.82) is 0 Å². The first-order valence-electron chi connectivity index (χ1n) is 12.0. The van der Waals surface area contributed by atoms with Gasteiger partial charge in [-0.1, -0.05) is 13.3 Å². The Bertz CT molecular complexity index is 1100. The quantitative estimate of drug-likeness (QED) is 0.488. The van der Waals surface area contributed by atoms with E-state index in [9.17, 15) is 14.0 Å². The minimum absolute atomic E-state index is 0.0334. The lowest BCUT2D eigenvalue weighted by Gasteiger charge is -2.26. The lowest BCUT2D eigenvalue weighted by molar-refractivity contribution is -0.131. The zero-order valence-electron chi connectivity index (χ0n) is 19.9. The third-order valence-corrected chi connectivity index (χ3v) is 6.09. The molecule has 35 heavy (non-hydrogen) atoms. The summed E-state index contributed by atoms with van der Waals surface area (Å²) in [4.78, 5) is 31.4. The van der Waals surface area contributed by atoms with Crippen molar-refractivity contribution in [2.24, 2.45) is 0 Å². The summed E-state index contributed by atoms with van der Waals surface area (Å²) in [5.74, 6) is 0.368. The number of rotatable bonds is 8. The van der Waals surface area contributed by atoms with E-state index in [1.165, 1.54) is 18.4 Å². The molecule has 3 heterocycles. The number of anilines is 1. The van der Waals surface area contributed by atoms with Gasteiger partial charge in [0, 0.05) is 38.3 Å². The van der Waals surface area contributed by atoms with Crippen LogP contribution in [0.25, 0.3) is 11.3 Å². The van der Waals surface area contributed by atoms with Gasteiger partial charge in [-0.05, 0) is 61.4 Å². The fraction of sp³-hybridized carbons (Fsp3) is 0.385. The molecule has 184 valence electrons. The lowest BCUT2D eigenvalue weighted by Crippen LogP contribution is -2.44. The molecule has 0 saturated carbocycles. The number of halogens is 1. The van der Waals surface area contributed by atoms with Gasteiger partial charge in [0.1, 0.15) is 12.4 Å². The fourth-order valence-corrected chi connectivity index (χ4v) is 4.09. The average molecular weight is 480 g/mol. The molecule has 0 aliphatic carbocycles. The van der Waals surface area contributed by atoms with Crippen LogP contribution in [0.5, 0.6) is 0 Å². The summed E-state index contributed by atoms with van der Waals surface area (Å²) in [5.41, 5.74) is 1.48. The molecule has 2 aromatic heterocycles. The lowest BCUT2D eigenvalue weighted by atomic mass is 10.1. The van der Waals surface area contributed by atoms with Crippen LogP contribution in [0, 0.1) is 5.82 Å². The van der Waals surface area contributed by atoms with Crippen LogP contribution >= 0.6 is 0 Å². The van der Waals surface area contributed by atoms with Crippen LogP contribution in [0.3, 0.4) is 0 Å². The molecule has 0 atom stereocenters. The Hall–Kier alpha value is -3.75. The van der Waals surface area contributed by atoms with Crippen molar-refractivity contribution < 1.29 is 18.4 Å². The number of amides is 2. The molecule has 1 aliphatic heterocycles. The van der Waals surface area contributed by atoms with E-state index in [1.807, 2.05) is 17.0 Å². The molecule has 3 aromatic rings. The molecule has 0 unspecified atom stereocenters. The molecule has 8 nitrogen and oxygen atoms in total. The zero-order valence-corrected chi connectivity index (χ0v) is 19.9. The summed E-state index contributed by atoms with van der Waals surface area (Å²) in [7, 11) is 0. The summed E-state index contributed by atoms with van der Waals surface area (Å²) in [6, 6.07) is 13.2. The molecule has 4 rings (SSSR count). The summed E-state index contributed by atoms with van der Waals surface area (Å²) < 4.78 is 18.4. The summed E-state index contributed by atoms with van der Waals surface area (Å²) in [6.07, 6.45) is 4.00. The van der Waals surface area contributed by atoms with E-state index in [-0.39, 0.29) is 29.9 Å². The molecule has 0 N–H and O–H groups in total. The summed E-state index contributed by atoms with van der Waals surface area (Å²) in [5, 5.41) is 8.66. The molecule has 0 radical (unpaired) electrons. The largest absolute Gasteiger partial charge is 0.459 e. The number of benzene rings is 1. The highest BCUT2D eigenvalue weighted by Gasteiger charge is 2.25. The van der Waals surface area contributed by atoms with Crippen LogP contribution in [0.4, 0.5) is 10.2 Å². The normalized spacial score (nSPS) is 14.0. The van der Waals surface area contributed by atoms with Crippen LogP contribution in [-0.2, 0) is 4.79 Å². The highest BCUT2D eigenvalue weighted by molar-refractivity contribution is 5.94. The molecule has 9 heteroatoms. The second-order valence-corrected chi connectivity index (χ2v) is 8.56. The second-order valence-electron chi connectivity index (χ2n) is 8.56. The van der Waals surface area contributed by atoms with Crippen molar-refractivity contribution in [3.8, 4) is 11.3 Å². The van der Waals surface area contributed by atoms with Gasteiger partial charge in [-0.2, -0.15) is 0 Å². The van der Waals surface area contributed by atoms with Crippen LogP contribution < -0.4 is 4.90 Å². The number of hydrogen-bond acceptors (Lipinski definition) is 6. The summed E-state index contributed by atoms with van der Waals surface area (Å²) >= 11 is 0. The average Bonchev–Trinajstić information content (AvgIpc) is 3.31. The van der Waals surface area contributed by atoms with Gasteiger partial charge in [0.05, 0.1) is 12.0 Å². The Morgan fingerprint density at radius 2 is 1.86 bits per heavy atom. The fourth-order valence-electron chi connectivity index (χ4n) is 4.09. The number of carbonyl (C=O) groups is 2. The van der Waals surface area contributed by atoms with Crippen molar-refractivity contribution in [3.05, 3.63) is 66.4 Å². The van der Waals surface area contributed by atoms with E-state index in [2.05, 4.69) is 22.0 Å². The van der Waals surface area contributed by atoms with Crippen LogP contribution in [0.15, 0.2) is 59.2 Å². The molecule has 0 spiro atoms. The Labute approximate surface area is 204 Å². The third-order valence-electron chi connectivity index (χ3n) is 6.09. The molecule has 2 amide bonds. The smallest absolute Gasteiger partial charge is 0.290 e. The van der Waals surface area contributed by atoms with E-state index >= 15 is 0 Å². The third kappa shape index (κ3) is 6.23. The number of furan rings is 1. The first-order chi connectivity index (χ1) is 17.0. The number of nitrogens with zero attached hydrogens (tertiary/aromatic N) is 5. The van der Waals surface area contributed by atoms with Gasteiger partial charge in [-0.15, -0.1) is 10.2 Å². The van der Waals surface area contributed by atoms with Gasteiger partial charge in [-0.3, -0.25) is 9.59 Å². The van der Waals surface area contributed by atoms with Crippen molar-refractivity contribution in [2.45, 2.75) is 26.2 Å². The van der Waals surface area contributed by atoms with Gasteiger partial charge < -0.3 is 19.1 Å². The molecule has 1 aliphatic rings. The number of unbranched alkanes of at least 4 members (excludes halogenated alkanes) is 1. The van der Waals surface area contributed by atoms with Gasteiger partial charge >= 0.3 is 0 Å². The number of hydrogen-bond donors (Lipinski definition) is 0. The van der Waals surface area contributed by atoms with Gasteiger partial charge in [-0.25, -0.2) is 4.39 Å². The first-order valence-corrected chi connectivity index (χ1v) is 12.0. The minimum Gasteiger partial charge on any atom is -0.459 e.